The van der Waals surface area contributed by atoms with Crippen molar-refractivity contribution < 1.29 is 5.11 Å². The Kier molecular flexibility index (Phi) is 3.57. The zero-order chi connectivity index (χ0) is 18.5. The molecule has 136 valence electrons. The predicted molar refractivity (Wildman–Crippen MR) is 102 cm³/mol. The average Bonchev–Trinajstić information content (AvgIpc) is 3.27. The lowest BCUT2D eigenvalue weighted by Crippen LogP contribution is -2.42. The van der Waals surface area contributed by atoms with E-state index in [0.717, 1.165) is 36.8 Å². The van der Waals surface area contributed by atoms with Crippen molar-refractivity contribution in [2.24, 2.45) is 0 Å². The first-order valence-corrected chi connectivity index (χ1v) is 9.38. The van der Waals surface area contributed by atoms with Crippen LogP contribution in [0.4, 0.5) is 0 Å². The maximum absolute atomic E-state index is 13.4. The lowest BCUT2D eigenvalue weighted by molar-refractivity contribution is 0.362. The highest BCUT2D eigenvalue weighted by Gasteiger charge is 2.31. The molecule has 0 radical (unpaired) electrons. The summed E-state index contributed by atoms with van der Waals surface area (Å²) in [6.07, 6.45) is 3.17. The van der Waals surface area contributed by atoms with Crippen molar-refractivity contribution in [3.8, 4) is 5.88 Å². The van der Waals surface area contributed by atoms with Gasteiger partial charge in [0.25, 0.3) is 5.56 Å². The van der Waals surface area contributed by atoms with Gasteiger partial charge in [0.05, 0.1) is 18.2 Å². The third kappa shape index (κ3) is 2.38. The first-order chi connectivity index (χ1) is 13.1. The van der Waals surface area contributed by atoms with Gasteiger partial charge < -0.3 is 5.11 Å². The van der Waals surface area contributed by atoms with Gasteiger partial charge in [0.15, 0.2) is 0 Å². The monoisotopic (exact) mass is 360 g/mol. The number of rotatable bonds is 2. The molecule has 1 N–H and O–H groups in total. The predicted octanol–water partition coefficient (Wildman–Crippen LogP) is 2.79. The summed E-state index contributed by atoms with van der Waals surface area (Å²) in [6, 6.07) is 16.6. The van der Waals surface area contributed by atoms with Crippen molar-refractivity contribution in [2.45, 2.75) is 37.8 Å². The molecule has 5 heteroatoms. The topological polar surface area (TPSA) is 64.2 Å². The lowest BCUT2D eigenvalue weighted by atomic mass is 10.1. The van der Waals surface area contributed by atoms with Crippen molar-refractivity contribution >= 4 is 0 Å². The van der Waals surface area contributed by atoms with E-state index >= 15 is 0 Å². The van der Waals surface area contributed by atoms with Crippen LogP contribution in [0.1, 0.15) is 47.2 Å². The standard InChI is InChI=1S/C22H20N2O3/c25-20-13-21(26)24(19-12-10-15-6-2-4-8-17(15)19)22(27)23(20)18-11-9-14-5-1-3-7-16(14)18/h1-8,13,18-19,25H,9-12H2. The summed E-state index contributed by atoms with van der Waals surface area (Å²) in [5.41, 5.74) is 3.58. The van der Waals surface area contributed by atoms with Crippen molar-refractivity contribution in [2.75, 3.05) is 0 Å². The number of aromatic hydroxyl groups is 1. The Labute approximate surface area is 156 Å². The van der Waals surface area contributed by atoms with Gasteiger partial charge in [-0.15, -0.1) is 0 Å². The van der Waals surface area contributed by atoms with E-state index in [4.69, 9.17) is 0 Å². The van der Waals surface area contributed by atoms with E-state index in [1.165, 1.54) is 26.3 Å². The number of hydrogen-bond acceptors (Lipinski definition) is 3. The fraction of sp³-hybridized carbons (Fsp3) is 0.273. The van der Waals surface area contributed by atoms with Crippen LogP contribution in [0, 0.1) is 0 Å². The van der Waals surface area contributed by atoms with Crippen molar-refractivity contribution in [3.05, 3.63) is 97.7 Å². The summed E-state index contributed by atoms with van der Waals surface area (Å²) in [5.74, 6) is -0.255. The number of nitrogens with zero attached hydrogens (tertiary/aromatic N) is 2. The van der Waals surface area contributed by atoms with E-state index in [9.17, 15) is 14.7 Å². The van der Waals surface area contributed by atoms with Crippen LogP contribution in [-0.2, 0) is 12.8 Å². The molecular formula is C22H20N2O3. The Balaban J connectivity index is 1.69. The molecule has 0 saturated heterocycles. The maximum atomic E-state index is 13.4. The first-order valence-electron chi connectivity index (χ1n) is 9.38. The van der Waals surface area contributed by atoms with Gasteiger partial charge in [-0.3, -0.25) is 13.9 Å². The molecule has 5 rings (SSSR count). The molecule has 0 spiro atoms. The van der Waals surface area contributed by atoms with Crippen molar-refractivity contribution in [1.29, 1.82) is 0 Å². The Morgan fingerprint density at radius 3 is 1.89 bits per heavy atom. The molecular weight excluding hydrogens is 340 g/mol. The summed E-state index contributed by atoms with van der Waals surface area (Å²) in [7, 11) is 0. The average molecular weight is 360 g/mol. The second-order valence-corrected chi connectivity index (χ2v) is 7.37. The summed E-state index contributed by atoms with van der Waals surface area (Å²) >= 11 is 0. The third-order valence-corrected chi connectivity index (χ3v) is 5.97. The summed E-state index contributed by atoms with van der Waals surface area (Å²) in [4.78, 5) is 26.0. The van der Waals surface area contributed by atoms with Gasteiger partial charge in [-0.05, 0) is 47.9 Å². The fourth-order valence-electron chi connectivity index (χ4n) is 4.74. The lowest BCUT2D eigenvalue weighted by Gasteiger charge is -2.21. The summed E-state index contributed by atoms with van der Waals surface area (Å²) < 4.78 is 2.72. The van der Waals surface area contributed by atoms with E-state index in [1.807, 2.05) is 42.5 Å². The molecule has 2 aliphatic carbocycles. The molecule has 0 aliphatic heterocycles. The van der Waals surface area contributed by atoms with Gasteiger partial charge in [0, 0.05) is 0 Å². The highest BCUT2D eigenvalue weighted by atomic mass is 16.3. The minimum atomic E-state index is -0.443. The SMILES string of the molecule is O=c1cc(O)n(C2CCc3ccccc32)c(=O)n1C1CCc2ccccc21. The van der Waals surface area contributed by atoms with Crippen LogP contribution in [0.5, 0.6) is 5.88 Å². The minimum absolute atomic E-state index is 0.239. The Morgan fingerprint density at radius 1 is 0.778 bits per heavy atom. The second-order valence-electron chi connectivity index (χ2n) is 7.37. The van der Waals surface area contributed by atoms with Gasteiger partial charge >= 0.3 is 5.69 Å². The zero-order valence-electron chi connectivity index (χ0n) is 14.8. The minimum Gasteiger partial charge on any atom is -0.494 e. The zero-order valence-corrected chi connectivity index (χ0v) is 14.8. The number of fused-ring (bicyclic) bond motifs is 2. The van der Waals surface area contributed by atoms with Crippen LogP contribution >= 0.6 is 0 Å². The highest BCUT2D eigenvalue weighted by Crippen LogP contribution is 2.36. The van der Waals surface area contributed by atoms with Crippen LogP contribution in [0.25, 0.3) is 0 Å². The highest BCUT2D eigenvalue weighted by molar-refractivity contribution is 5.37. The molecule has 0 amide bonds. The molecule has 0 fully saturated rings. The van der Waals surface area contributed by atoms with Crippen LogP contribution < -0.4 is 11.2 Å². The molecule has 2 aromatic carbocycles. The molecule has 1 heterocycles. The number of benzene rings is 2. The van der Waals surface area contributed by atoms with Crippen LogP contribution in [-0.4, -0.2) is 14.2 Å². The van der Waals surface area contributed by atoms with E-state index < -0.39 is 11.2 Å². The number of aryl methyl sites for hydroxylation is 2. The maximum Gasteiger partial charge on any atom is 0.334 e. The van der Waals surface area contributed by atoms with Gasteiger partial charge in [0.2, 0.25) is 5.88 Å². The molecule has 5 nitrogen and oxygen atoms in total. The second kappa shape index (κ2) is 5.98. The van der Waals surface area contributed by atoms with Crippen molar-refractivity contribution in [3.63, 3.8) is 0 Å². The Morgan fingerprint density at radius 2 is 1.30 bits per heavy atom. The van der Waals surface area contributed by atoms with Crippen LogP contribution in [0.2, 0.25) is 0 Å². The number of hydrogen-bond donors (Lipinski definition) is 1. The molecule has 3 aromatic rings. The third-order valence-electron chi connectivity index (χ3n) is 5.97. The Bertz CT molecular complexity index is 1160. The van der Waals surface area contributed by atoms with E-state index in [1.54, 1.807) is 0 Å². The molecule has 0 bridgehead atoms. The molecule has 2 atom stereocenters. The van der Waals surface area contributed by atoms with Gasteiger partial charge in [-0.25, -0.2) is 4.79 Å². The largest absolute Gasteiger partial charge is 0.494 e. The summed E-state index contributed by atoms with van der Waals surface area (Å²) in [6.45, 7) is 0. The van der Waals surface area contributed by atoms with Gasteiger partial charge in [-0.1, -0.05) is 48.5 Å². The van der Waals surface area contributed by atoms with Crippen LogP contribution in [0.3, 0.4) is 0 Å². The molecule has 2 unspecified atom stereocenters. The smallest absolute Gasteiger partial charge is 0.334 e. The number of aromatic nitrogens is 2. The molecule has 1 aromatic heterocycles. The first kappa shape index (κ1) is 16.1. The molecule has 0 saturated carbocycles. The van der Waals surface area contributed by atoms with E-state index in [0.29, 0.717) is 0 Å². The van der Waals surface area contributed by atoms with Gasteiger partial charge in [0.1, 0.15) is 0 Å². The molecule has 2 aliphatic rings. The van der Waals surface area contributed by atoms with Crippen LogP contribution in [0.15, 0.2) is 64.2 Å². The quantitative estimate of drug-likeness (QED) is 0.764. The summed E-state index contributed by atoms with van der Waals surface area (Å²) in [5, 5.41) is 10.5. The van der Waals surface area contributed by atoms with Crippen molar-refractivity contribution in [1.82, 2.24) is 9.13 Å². The van der Waals surface area contributed by atoms with E-state index in [2.05, 4.69) is 6.07 Å². The molecule has 27 heavy (non-hydrogen) atoms. The van der Waals surface area contributed by atoms with Gasteiger partial charge in [-0.2, -0.15) is 0 Å². The normalized spacial score (nSPS) is 20.4. The Hall–Kier alpha value is -3.08. The fourth-order valence-corrected chi connectivity index (χ4v) is 4.74. The van der Waals surface area contributed by atoms with E-state index in [-0.39, 0.29) is 18.0 Å².